The summed E-state index contributed by atoms with van der Waals surface area (Å²) in [5.74, 6) is 0.709. The van der Waals surface area contributed by atoms with Crippen molar-refractivity contribution in [1.29, 1.82) is 0 Å². The number of fused-ring (bicyclic) bond motifs is 6. The van der Waals surface area contributed by atoms with Crippen LogP contribution in [0.5, 0.6) is 0 Å². The van der Waals surface area contributed by atoms with E-state index in [1.807, 2.05) is 17.4 Å². The Morgan fingerprint density at radius 3 is 1.81 bits per heavy atom. The molecule has 0 amide bonds. The van der Waals surface area contributed by atoms with Crippen LogP contribution in [0.4, 0.5) is 0 Å². The van der Waals surface area contributed by atoms with E-state index in [-0.39, 0.29) is 5.41 Å². The largest absolute Gasteiger partial charge is 0.228 e. The lowest BCUT2D eigenvalue weighted by Crippen LogP contribution is -2.23. The molecule has 0 saturated heterocycles. The van der Waals surface area contributed by atoms with Gasteiger partial charge in [-0.3, -0.25) is 0 Å². The molecular formula is C54H36N2S. The van der Waals surface area contributed by atoms with E-state index >= 15 is 0 Å². The van der Waals surface area contributed by atoms with Crippen LogP contribution >= 0.6 is 11.3 Å². The zero-order valence-corrected chi connectivity index (χ0v) is 32.2. The predicted octanol–water partition coefficient (Wildman–Crippen LogP) is 14.5. The molecule has 57 heavy (non-hydrogen) atoms. The van der Waals surface area contributed by atoms with E-state index in [2.05, 4.69) is 201 Å². The quantitative estimate of drug-likeness (QED) is 0.169. The summed E-state index contributed by atoms with van der Waals surface area (Å²) >= 11 is 1.83. The van der Waals surface area contributed by atoms with Gasteiger partial charge in [-0.1, -0.05) is 170 Å². The third-order valence-electron chi connectivity index (χ3n) is 11.8. The van der Waals surface area contributed by atoms with Gasteiger partial charge in [0.1, 0.15) is 0 Å². The van der Waals surface area contributed by atoms with E-state index in [0.29, 0.717) is 5.82 Å². The van der Waals surface area contributed by atoms with Crippen LogP contribution < -0.4 is 0 Å². The summed E-state index contributed by atoms with van der Waals surface area (Å²) < 4.78 is 2.51. The van der Waals surface area contributed by atoms with Gasteiger partial charge in [-0.15, -0.1) is 11.3 Å². The average Bonchev–Trinajstić information content (AvgIpc) is 3.80. The monoisotopic (exact) mass is 744 g/mol. The number of nitrogens with zero attached hydrogens (tertiary/aromatic N) is 2. The third kappa shape index (κ3) is 5.46. The first-order valence-electron chi connectivity index (χ1n) is 19.5. The molecule has 1 atom stereocenters. The molecule has 10 aromatic rings. The normalized spacial score (nSPS) is 14.5. The Morgan fingerprint density at radius 2 is 0.982 bits per heavy atom. The minimum atomic E-state index is -0.349. The zero-order chi connectivity index (χ0) is 37.9. The highest BCUT2D eigenvalue weighted by Gasteiger charge is 2.42. The van der Waals surface area contributed by atoms with Gasteiger partial charge in [-0.05, 0) is 87.3 Å². The first-order chi connectivity index (χ1) is 28.1. The molecule has 8 aromatic carbocycles. The number of hydrogen-bond donors (Lipinski definition) is 0. The second kappa shape index (κ2) is 13.4. The van der Waals surface area contributed by atoms with Gasteiger partial charge in [0.25, 0.3) is 0 Å². The van der Waals surface area contributed by atoms with Crippen molar-refractivity contribution in [3.05, 3.63) is 217 Å². The van der Waals surface area contributed by atoms with Crippen molar-refractivity contribution in [3.8, 4) is 67.3 Å². The molecule has 0 bridgehead atoms. The molecule has 1 aliphatic carbocycles. The maximum atomic E-state index is 5.37. The van der Waals surface area contributed by atoms with E-state index in [0.717, 1.165) is 44.8 Å². The van der Waals surface area contributed by atoms with Gasteiger partial charge < -0.3 is 0 Å². The molecule has 0 saturated carbocycles. The summed E-state index contributed by atoms with van der Waals surface area (Å²) in [6.07, 6.45) is 0. The van der Waals surface area contributed by atoms with Crippen LogP contribution in [0.2, 0.25) is 0 Å². The van der Waals surface area contributed by atoms with Crippen molar-refractivity contribution in [2.45, 2.75) is 12.3 Å². The van der Waals surface area contributed by atoms with Gasteiger partial charge in [-0.25, -0.2) is 9.97 Å². The molecule has 2 nitrogen and oxygen atoms in total. The Kier molecular flexibility index (Phi) is 7.84. The van der Waals surface area contributed by atoms with Gasteiger partial charge in [0, 0.05) is 42.3 Å². The lowest BCUT2D eigenvalue weighted by molar-refractivity contribution is 0.716. The second-order valence-electron chi connectivity index (χ2n) is 15.0. The zero-order valence-electron chi connectivity index (χ0n) is 31.4. The lowest BCUT2D eigenvalue weighted by Gasteiger charge is -2.30. The van der Waals surface area contributed by atoms with Crippen molar-refractivity contribution >= 4 is 31.5 Å². The van der Waals surface area contributed by atoms with Gasteiger partial charge in [0.05, 0.1) is 11.4 Å². The average molecular weight is 745 g/mol. The van der Waals surface area contributed by atoms with Crippen LogP contribution in [0, 0.1) is 0 Å². The SMILES string of the molecule is CC1(c2ccccc2)c2ccccc2-c2cccc(-c3cc(-c4ccccc4)cc(-c4cc(-c5cccc6c5sc5ccccc56)nc(-c5ccccc5)n4)c3)c21. The second-order valence-corrected chi connectivity index (χ2v) is 16.1. The van der Waals surface area contributed by atoms with Crippen LogP contribution in [0.3, 0.4) is 0 Å². The van der Waals surface area contributed by atoms with Crippen LogP contribution in [0.25, 0.3) is 87.5 Å². The van der Waals surface area contributed by atoms with Gasteiger partial charge in [0.15, 0.2) is 5.82 Å². The Morgan fingerprint density at radius 1 is 0.404 bits per heavy atom. The molecule has 0 radical (unpaired) electrons. The number of rotatable bonds is 6. The van der Waals surface area contributed by atoms with E-state index in [9.17, 15) is 0 Å². The van der Waals surface area contributed by atoms with Gasteiger partial charge in [0.2, 0.25) is 0 Å². The summed E-state index contributed by atoms with van der Waals surface area (Å²) in [7, 11) is 0. The molecule has 1 unspecified atom stereocenters. The highest BCUT2D eigenvalue weighted by molar-refractivity contribution is 7.26. The van der Waals surface area contributed by atoms with Crippen LogP contribution in [0.15, 0.2) is 200 Å². The molecule has 0 spiro atoms. The van der Waals surface area contributed by atoms with E-state index < -0.39 is 0 Å². The molecule has 0 fully saturated rings. The Bertz CT molecular complexity index is 3130. The van der Waals surface area contributed by atoms with Gasteiger partial charge in [-0.2, -0.15) is 0 Å². The first-order valence-corrected chi connectivity index (χ1v) is 20.3. The topological polar surface area (TPSA) is 25.8 Å². The highest BCUT2D eigenvalue weighted by Crippen LogP contribution is 2.55. The van der Waals surface area contributed by atoms with Gasteiger partial charge >= 0.3 is 0 Å². The minimum absolute atomic E-state index is 0.349. The van der Waals surface area contributed by atoms with Crippen LogP contribution in [0.1, 0.15) is 23.6 Å². The maximum Gasteiger partial charge on any atom is 0.160 e. The lowest BCUT2D eigenvalue weighted by atomic mass is 9.72. The fourth-order valence-electron chi connectivity index (χ4n) is 9.04. The summed E-state index contributed by atoms with van der Waals surface area (Å²) in [6, 6.07) is 72.3. The Hall–Kier alpha value is -6.94. The molecular weight excluding hydrogens is 709 g/mol. The maximum absolute atomic E-state index is 5.37. The van der Waals surface area contributed by atoms with Crippen molar-refractivity contribution < 1.29 is 0 Å². The fraction of sp³-hybridized carbons (Fsp3) is 0.0370. The van der Waals surface area contributed by atoms with E-state index in [4.69, 9.17) is 9.97 Å². The predicted molar refractivity (Wildman–Crippen MR) is 240 cm³/mol. The van der Waals surface area contributed by atoms with E-state index in [1.165, 1.54) is 53.6 Å². The standard InChI is InChI=1S/C54H36N2S/c1-54(40-21-9-4-10-22-40)47-29-13-11-23-42(47)44-26-15-25-41(51(44)54)38-31-37(35-17-5-2-6-18-35)32-39(33-38)48-34-49(56-53(55-48)36-19-7-3-8-20-36)46-28-16-27-45-43-24-12-14-30-50(43)57-52(45)46/h2-34H,1H3. The van der Waals surface area contributed by atoms with Crippen LogP contribution in [-0.2, 0) is 5.41 Å². The molecule has 0 aliphatic heterocycles. The number of aromatic nitrogens is 2. The third-order valence-corrected chi connectivity index (χ3v) is 13.0. The van der Waals surface area contributed by atoms with E-state index in [1.54, 1.807) is 0 Å². The van der Waals surface area contributed by atoms with Crippen LogP contribution in [-0.4, -0.2) is 9.97 Å². The van der Waals surface area contributed by atoms with Crippen molar-refractivity contribution in [2.75, 3.05) is 0 Å². The number of hydrogen-bond acceptors (Lipinski definition) is 3. The number of thiophene rings is 1. The molecule has 11 rings (SSSR count). The molecule has 2 heterocycles. The smallest absolute Gasteiger partial charge is 0.160 e. The Labute approximate surface area is 336 Å². The van der Waals surface area contributed by atoms with Crippen molar-refractivity contribution in [3.63, 3.8) is 0 Å². The summed E-state index contributed by atoms with van der Waals surface area (Å²) in [5, 5.41) is 2.53. The molecule has 268 valence electrons. The summed E-state index contributed by atoms with van der Waals surface area (Å²) in [6.45, 7) is 2.40. The first kappa shape index (κ1) is 33.4. The fourth-order valence-corrected chi connectivity index (χ4v) is 10.3. The molecule has 3 heteroatoms. The van der Waals surface area contributed by atoms with Crippen molar-refractivity contribution in [1.82, 2.24) is 9.97 Å². The number of benzene rings is 8. The van der Waals surface area contributed by atoms with Crippen molar-refractivity contribution in [2.24, 2.45) is 0 Å². The molecule has 2 aromatic heterocycles. The summed E-state index contributed by atoms with van der Waals surface area (Å²) in [5.41, 5.74) is 15.8. The molecule has 1 aliphatic rings. The summed E-state index contributed by atoms with van der Waals surface area (Å²) in [4.78, 5) is 10.7. The highest BCUT2D eigenvalue weighted by atomic mass is 32.1. The Balaban J connectivity index is 1.17. The molecule has 0 N–H and O–H groups in total. The minimum Gasteiger partial charge on any atom is -0.228 e.